The smallest absolute Gasteiger partial charge is 0.337 e. The number of nitrogens with zero attached hydrogens (tertiary/aromatic N) is 3. The summed E-state index contributed by atoms with van der Waals surface area (Å²) in [4.78, 5) is 44.2. The van der Waals surface area contributed by atoms with E-state index in [0.29, 0.717) is 23.9 Å². The lowest BCUT2D eigenvalue weighted by atomic mass is 9.98. The Morgan fingerprint density at radius 2 is 1.97 bits per heavy atom. The minimum Gasteiger partial charge on any atom is -0.352 e. The van der Waals surface area contributed by atoms with Crippen LogP contribution in [-0.4, -0.2) is 40.8 Å². The normalized spacial score (nSPS) is 14.6. The molecule has 1 N–H and O–H groups in total. The van der Waals surface area contributed by atoms with Gasteiger partial charge in [-0.15, -0.1) is 0 Å². The van der Waals surface area contributed by atoms with E-state index in [1.165, 1.54) is 30.6 Å². The number of urea groups is 1. The van der Waals surface area contributed by atoms with Crippen molar-refractivity contribution in [2.45, 2.75) is 20.8 Å². The van der Waals surface area contributed by atoms with Crippen LogP contribution >= 0.6 is 11.6 Å². The fourth-order valence-electron chi connectivity index (χ4n) is 2.94. The monoisotopic (exact) mass is 458 g/mol. The number of aromatic nitrogens is 1. The molecule has 1 aromatic carbocycles. The number of hydrogen-bond donors (Lipinski definition) is 1. The van der Waals surface area contributed by atoms with E-state index in [1.807, 2.05) is 0 Å². The summed E-state index contributed by atoms with van der Waals surface area (Å²) in [6, 6.07) is 6.03. The molecule has 4 amide bonds. The molecule has 0 spiro atoms. The Kier molecular flexibility index (Phi) is 7.25. The lowest BCUT2D eigenvalue weighted by molar-refractivity contribution is 0.0813. The van der Waals surface area contributed by atoms with Gasteiger partial charge in [0.1, 0.15) is 11.6 Å². The molecule has 0 bridgehead atoms. The highest BCUT2D eigenvalue weighted by Gasteiger charge is 2.31. The van der Waals surface area contributed by atoms with Crippen LogP contribution in [0.3, 0.4) is 0 Å². The van der Waals surface area contributed by atoms with Crippen LogP contribution in [-0.2, 0) is 0 Å². The first-order chi connectivity index (χ1) is 15.2. The van der Waals surface area contributed by atoms with Crippen LogP contribution in [0.5, 0.6) is 0 Å². The van der Waals surface area contributed by atoms with Gasteiger partial charge in [0, 0.05) is 24.0 Å². The Hall–Kier alpha value is -3.26. The Balaban J connectivity index is 1.72. The van der Waals surface area contributed by atoms with E-state index in [-0.39, 0.29) is 28.9 Å². The number of amides is 4. The standard InChI is InChI=1S/C23H24ClFN4O3/c1-14(2)15(3)12-27-21(30)16-5-8-20(26-13-16)28-9-4-10-29(23(28)32)22(31)18-7-6-17(24)11-19(18)25/h4-9,11,13-15H,10,12H2,1-3H3,(H,27,30). The number of carbonyl (C=O) groups is 3. The van der Waals surface area contributed by atoms with E-state index < -0.39 is 17.8 Å². The highest BCUT2D eigenvalue weighted by atomic mass is 35.5. The molecule has 3 rings (SSSR count). The second-order valence-electron chi connectivity index (χ2n) is 7.91. The van der Waals surface area contributed by atoms with Crippen molar-refractivity contribution in [3.05, 3.63) is 70.8 Å². The maximum absolute atomic E-state index is 14.2. The van der Waals surface area contributed by atoms with Crippen LogP contribution in [0.1, 0.15) is 41.5 Å². The van der Waals surface area contributed by atoms with Crippen molar-refractivity contribution in [3.63, 3.8) is 0 Å². The van der Waals surface area contributed by atoms with Gasteiger partial charge in [0.2, 0.25) is 0 Å². The predicted molar refractivity (Wildman–Crippen MR) is 120 cm³/mol. The van der Waals surface area contributed by atoms with Crippen molar-refractivity contribution in [3.8, 4) is 0 Å². The van der Waals surface area contributed by atoms with Crippen LogP contribution in [0, 0.1) is 17.7 Å². The largest absolute Gasteiger partial charge is 0.352 e. The third-order valence-corrected chi connectivity index (χ3v) is 5.60. The van der Waals surface area contributed by atoms with Gasteiger partial charge < -0.3 is 5.32 Å². The number of halogens is 2. The molecule has 0 saturated heterocycles. The topological polar surface area (TPSA) is 82.6 Å². The van der Waals surface area contributed by atoms with Crippen molar-refractivity contribution in [2.75, 3.05) is 18.0 Å². The molecule has 9 heteroatoms. The molecule has 2 heterocycles. The number of pyridine rings is 1. The first-order valence-corrected chi connectivity index (χ1v) is 10.6. The zero-order chi connectivity index (χ0) is 23.4. The number of imide groups is 1. The van der Waals surface area contributed by atoms with Gasteiger partial charge in [-0.2, -0.15) is 0 Å². The molecule has 0 fully saturated rings. The van der Waals surface area contributed by atoms with Gasteiger partial charge in [-0.3, -0.25) is 19.4 Å². The van der Waals surface area contributed by atoms with Crippen molar-refractivity contribution in [1.82, 2.24) is 15.2 Å². The highest BCUT2D eigenvalue weighted by Crippen LogP contribution is 2.21. The zero-order valence-electron chi connectivity index (χ0n) is 18.0. The van der Waals surface area contributed by atoms with Crippen molar-refractivity contribution in [1.29, 1.82) is 0 Å². The average molecular weight is 459 g/mol. The van der Waals surface area contributed by atoms with Crippen LogP contribution < -0.4 is 10.2 Å². The Morgan fingerprint density at radius 3 is 2.59 bits per heavy atom. The van der Waals surface area contributed by atoms with E-state index in [4.69, 9.17) is 11.6 Å². The number of carbonyl (C=O) groups excluding carboxylic acids is 3. The molecule has 1 aromatic heterocycles. The quantitative estimate of drug-likeness (QED) is 0.691. The van der Waals surface area contributed by atoms with E-state index in [2.05, 4.69) is 31.1 Å². The van der Waals surface area contributed by atoms with Crippen molar-refractivity contribution >= 4 is 35.3 Å². The molecule has 1 unspecified atom stereocenters. The minimum absolute atomic E-state index is 0.00917. The van der Waals surface area contributed by atoms with Gasteiger partial charge in [-0.25, -0.2) is 14.2 Å². The van der Waals surface area contributed by atoms with Gasteiger partial charge in [-0.1, -0.05) is 32.4 Å². The number of rotatable bonds is 6. The van der Waals surface area contributed by atoms with Crippen molar-refractivity contribution < 1.29 is 18.8 Å². The third-order valence-electron chi connectivity index (χ3n) is 5.37. The Bertz CT molecular complexity index is 1060. The molecule has 7 nitrogen and oxygen atoms in total. The van der Waals surface area contributed by atoms with Gasteiger partial charge in [0.15, 0.2) is 0 Å². The van der Waals surface area contributed by atoms with Crippen LogP contribution in [0.15, 0.2) is 48.8 Å². The molecule has 1 aliphatic rings. The molecule has 1 atom stereocenters. The van der Waals surface area contributed by atoms with Gasteiger partial charge >= 0.3 is 6.03 Å². The molecule has 168 valence electrons. The summed E-state index contributed by atoms with van der Waals surface area (Å²) >= 11 is 5.74. The second-order valence-corrected chi connectivity index (χ2v) is 8.35. The van der Waals surface area contributed by atoms with Crippen LogP contribution in [0.2, 0.25) is 5.02 Å². The minimum atomic E-state index is -0.809. The maximum atomic E-state index is 14.2. The van der Waals surface area contributed by atoms with Gasteiger partial charge in [-0.05, 0) is 48.2 Å². The van der Waals surface area contributed by atoms with E-state index in [1.54, 1.807) is 12.1 Å². The fourth-order valence-corrected chi connectivity index (χ4v) is 3.10. The summed E-state index contributed by atoms with van der Waals surface area (Å²) in [6.45, 7) is 6.77. The fraction of sp³-hybridized carbons (Fsp3) is 0.304. The molecule has 1 aliphatic heterocycles. The molecular weight excluding hydrogens is 435 g/mol. The lowest BCUT2D eigenvalue weighted by Crippen LogP contribution is -2.47. The second kappa shape index (κ2) is 9.91. The maximum Gasteiger partial charge on any atom is 0.337 e. The predicted octanol–water partition coefficient (Wildman–Crippen LogP) is 4.49. The molecule has 2 aromatic rings. The van der Waals surface area contributed by atoms with E-state index in [9.17, 15) is 18.8 Å². The average Bonchev–Trinajstić information content (AvgIpc) is 2.77. The number of nitrogens with one attached hydrogen (secondary N) is 1. The van der Waals surface area contributed by atoms with Crippen molar-refractivity contribution in [2.24, 2.45) is 11.8 Å². The summed E-state index contributed by atoms with van der Waals surface area (Å²) in [6.07, 6.45) is 4.44. The summed E-state index contributed by atoms with van der Waals surface area (Å²) in [5, 5.41) is 3.02. The van der Waals surface area contributed by atoms with Crippen LogP contribution in [0.25, 0.3) is 0 Å². The molecule has 0 saturated carbocycles. The Morgan fingerprint density at radius 1 is 1.22 bits per heavy atom. The highest BCUT2D eigenvalue weighted by molar-refractivity contribution is 6.30. The molecule has 32 heavy (non-hydrogen) atoms. The Labute approximate surface area is 190 Å². The third kappa shape index (κ3) is 5.13. The number of hydrogen-bond acceptors (Lipinski definition) is 4. The molecule has 0 aliphatic carbocycles. The van der Waals surface area contributed by atoms with Crippen LogP contribution in [0.4, 0.5) is 15.0 Å². The summed E-state index contributed by atoms with van der Waals surface area (Å²) in [7, 11) is 0. The number of benzene rings is 1. The van der Waals surface area contributed by atoms with Gasteiger partial charge in [0.25, 0.3) is 11.8 Å². The first kappa shape index (κ1) is 23.4. The summed E-state index contributed by atoms with van der Waals surface area (Å²) in [5.74, 6) is -0.846. The van der Waals surface area contributed by atoms with E-state index in [0.717, 1.165) is 15.9 Å². The lowest BCUT2D eigenvalue weighted by Gasteiger charge is -2.29. The summed E-state index contributed by atoms with van der Waals surface area (Å²) < 4.78 is 14.2. The molecular formula is C23H24ClFN4O3. The summed E-state index contributed by atoms with van der Waals surface area (Å²) in [5.41, 5.74) is 0.0999. The van der Waals surface area contributed by atoms with E-state index >= 15 is 0 Å². The number of anilines is 1. The van der Waals surface area contributed by atoms with Gasteiger partial charge in [0.05, 0.1) is 17.7 Å². The first-order valence-electron chi connectivity index (χ1n) is 10.2. The zero-order valence-corrected chi connectivity index (χ0v) is 18.8. The molecule has 0 radical (unpaired) electrons. The SMILES string of the molecule is CC(C)C(C)CNC(=O)c1ccc(N2C=CCN(C(=O)c3ccc(Cl)cc3F)C2=O)nc1.